The number of nitrogens with zero attached hydrogens (tertiary/aromatic N) is 2. The van der Waals surface area contributed by atoms with Gasteiger partial charge >= 0.3 is 0 Å². The van der Waals surface area contributed by atoms with Gasteiger partial charge < -0.3 is 4.90 Å². The van der Waals surface area contributed by atoms with Crippen LogP contribution in [0.3, 0.4) is 0 Å². The summed E-state index contributed by atoms with van der Waals surface area (Å²) in [4.78, 5) is 13.3. The molecule has 94 valence electrons. The summed E-state index contributed by atoms with van der Waals surface area (Å²) in [5.41, 5.74) is 0.853. The SMILES string of the molecule is Cc1cc(N2CC(CS(=O)(=O)Cl)CC2=O)sn1. The van der Waals surface area contributed by atoms with Crippen molar-refractivity contribution in [3.63, 3.8) is 0 Å². The van der Waals surface area contributed by atoms with Crippen LogP contribution in [0.2, 0.25) is 0 Å². The van der Waals surface area contributed by atoms with E-state index in [1.54, 1.807) is 4.90 Å². The van der Waals surface area contributed by atoms with E-state index in [1.165, 1.54) is 11.5 Å². The Morgan fingerprint density at radius 1 is 1.65 bits per heavy atom. The van der Waals surface area contributed by atoms with Crippen molar-refractivity contribution < 1.29 is 13.2 Å². The maximum absolute atomic E-state index is 11.7. The number of anilines is 1. The van der Waals surface area contributed by atoms with Crippen LogP contribution in [0.4, 0.5) is 5.00 Å². The lowest BCUT2D eigenvalue weighted by Gasteiger charge is -2.12. The molecule has 0 aromatic carbocycles. The second kappa shape index (κ2) is 4.55. The average molecular weight is 295 g/mol. The van der Waals surface area contributed by atoms with Gasteiger partial charge in [-0.1, -0.05) is 0 Å². The van der Waals surface area contributed by atoms with Gasteiger partial charge in [-0.05, 0) is 24.5 Å². The zero-order valence-corrected chi connectivity index (χ0v) is 11.5. The smallest absolute Gasteiger partial charge is 0.232 e. The Hall–Kier alpha value is -0.660. The molecular weight excluding hydrogens is 284 g/mol. The average Bonchev–Trinajstić information content (AvgIpc) is 2.70. The van der Waals surface area contributed by atoms with Gasteiger partial charge in [-0.3, -0.25) is 4.79 Å². The van der Waals surface area contributed by atoms with E-state index in [0.29, 0.717) is 6.54 Å². The van der Waals surface area contributed by atoms with E-state index in [2.05, 4.69) is 4.37 Å². The van der Waals surface area contributed by atoms with Gasteiger partial charge in [0.15, 0.2) is 0 Å². The van der Waals surface area contributed by atoms with Gasteiger partial charge in [-0.15, -0.1) is 0 Å². The van der Waals surface area contributed by atoms with Crippen molar-refractivity contribution in [2.45, 2.75) is 13.3 Å². The monoisotopic (exact) mass is 294 g/mol. The van der Waals surface area contributed by atoms with Gasteiger partial charge in [0.25, 0.3) is 0 Å². The molecule has 0 N–H and O–H groups in total. The first-order valence-electron chi connectivity index (χ1n) is 5.01. The fourth-order valence-electron chi connectivity index (χ4n) is 1.87. The van der Waals surface area contributed by atoms with Crippen molar-refractivity contribution in [2.75, 3.05) is 17.2 Å². The third-order valence-corrected chi connectivity index (χ3v) is 4.67. The van der Waals surface area contributed by atoms with E-state index < -0.39 is 9.05 Å². The largest absolute Gasteiger partial charge is 0.302 e. The highest BCUT2D eigenvalue weighted by molar-refractivity contribution is 8.13. The number of hydrogen-bond donors (Lipinski definition) is 0. The summed E-state index contributed by atoms with van der Waals surface area (Å²) in [6.45, 7) is 2.24. The number of hydrogen-bond acceptors (Lipinski definition) is 5. The van der Waals surface area contributed by atoms with E-state index in [9.17, 15) is 13.2 Å². The van der Waals surface area contributed by atoms with Gasteiger partial charge in [-0.25, -0.2) is 8.42 Å². The highest BCUT2D eigenvalue weighted by atomic mass is 35.7. The molecule has 17 heavy (non-hydrogen) atoms. The summed E-state index contributed by atoms with van der Waals surface area (Å²) in [5.74, 6) is -0.458. The third kappa shape index (κ3) is 3.17. The van der Waals surface area contributed by atoms with Crippen molar-refractivity contribution in [1.82, 2.24) is 4.37 Å². The van der Waals surface area contributed by atoms with Crippen molar-refractivity contribution in [3.05, 3.63) is 11.8 Å². The van der Waals surface area contributed by atoms with Crippen molar-refractivity contribution >= 4 is 42.2 Å². The second-order valence-corrected chi connectivity index (χ2v) is 7.69. The molecule has 1 saturated heterocycles. The molecule has 0 bridgehead atoms. The molecule has 1 unspecified atom stereocenters. The van der Waals surface area contributed by atoms with Crippen molar-refractivity contribution in [3.8, 4) is 0 Å². The quantitative estimate of drug-likeness (QED) is 0.790. The van der Waals surface area contributed by atoms with Gasteiger partial charge in [0.1, 0.15) is 5.00 Å². The number of aryl methyl sites for hydroxylation is 1. The van der Waals surface area contributed by atoms with Gasteiger partial charge in [-0.2, -0.15) is 4.37 Å². The number of rotatable bonds is 3. The second-order valence-electron chi connectivity index (χ2n) is 4.09. The molecule has 1 atom stereocenters. The van der Waals surface area contributed by atoms with Crippen molar-refractivity contribution in [1.29, 1.82) is 0 Å². The highest BCUT2D eigenvalue weighted by Crippen LogP contribution is 2.29. The van der Waals surface area contributed by atoms with Crippen LogP contribution >= 0.6 is 22.2 Å². The lowest BCUT2D eigenvalue weighted by molar-refractivity contribution is -0.117. The van der Waals surface area contributed by atoms with E-state index in [4.69, 9.17) is 10.7 Å². The summed E-state index contributed by atoms with van der Waals surface area (Å²) in [6, 6.07) is 1.82. The zero-order chi connectivity index (χ0) is 12.6. The Labute approximate surface area is 108 Å². The molecule has 1 aromatic heterocycles. The van der Waals surface area contributed by atoms with Crippen LogP contribution in [0.25, 0.3) is 0 Å². The van der Waals surface area contributed by atoms with Crippen molar-refractivity contribution in [2.24, 2.45) is 5.92 Å². The lowest BCUT2D eigenvalue weighted by Crippen LogP contribution is -2.24. The Kier molecular flexibility index (Phi) is 3.42. The molecule has 2 rings (SSSR count). The fraction of sp³-hybridized carbons (Fsp3) is 0.556. The fourth-order valence-corrected chi connectivity index (χ4v) is 3.97. The molecule has 1 fully saturated rings. The minimum Gasteiger partial charge on any atom is -0.302 e. The predicted octanol–water partition coefficient (Wildman–Crippen LogP) is 1.37. The van der Waals surface area contributed by atoms with Gasteiger partial charge in [0.2, 0.25) is 15.0 Å². The van der Waals surface area contributed by atoms with Crippen LogP contribution in [-0.2, 0) is 13.8 Å². The van der Waals surface area contributed by atoms with E-state index in [1.807, 2.05) is 13.0 Å². The number of aromatic nitrogens is 1. The maximum Gasteiger partial charge on any atom is 0.232 e. The van der Waals surface area contributed by atoms with Crippen LogP contribution in [0, 0.1) is 12.8 Å². The topological polar surface area (TPSA) is 67.3 Å². The molecule has 2 heterocycles. The molecule has 8 heteroatoms. The molecule has 1 aliphatic heterocycles. The lowest BCUT2D eigenvalue weighted by atomic mass is 10.1. The maximum atomic E-state index is 11.7. The standard InChI is InChI=1S/C9H11ClN2O3S2/c1-6-2-9(16-11-6)12-4-7(3-8(12)13)5-17(10,14)15/h2,7H,3-5H2,1H3. The zero-order valence-electron chi connectivity index (χ0n) is 9.09. The van der Waals surface area contributed by atoms with Gasteiger partial charge in [0.05, 0.1) is 11.4 Å². The summed E-state index contributed by atoms with van der Waals surface area (Å²) < 4.78 is 26.0. The number of carbonyl (C=O) groups is 1. The first kappa shape index (κ1) is 12.8. The minimum atomic E-state index is -3.55. The first-order chi connectivity index (χ1) is 7.85. The number of carbonyl (C=O) groups excluding carboxylic acids is 1. The number of amides is 1. The molecule has 1 amide bonds. The van der Waals surface area contributed by atoms with Crippen LogP contribution in [0.1, 0.15) is 12.1 Å². The highest BCUT2D eigenvalue weighted by Gasteiger charge is 2.33. The molecule has 0 aliphatic carbocycles. The predicted molar refractivity (Wildman–Crippen MR) is 67.0 cm³/mol. The van der Waals surface area contributed by atoms with Crippen LogP contribution in [0.15, 0.2) is 6.07 Å². The summed E-state index contributed by atoms with van der Waals surface area (Å²) in [6.07, 6.45) is 0.225. The molecule has 0 saturated carbocycles. The van der Waals surface area contributed by atoms with Crippen LogP contribution < -0.4 is 4.90 Å². The summed E-state index contributed by atoms with van der Waals surface area (Å²) >= 11 is 1.24. The van der Waals surface area contributed by atoms with E-state index in [-0.39, 0.29) is 24.0 Å². The van der Waals surface area contributed by atoms with Crippen LogP contribution in [-0.4, -0.2) is 31.0 Å². The molecule has 1 aliphatic rings. The summed E-state index contributed by atoms with van der Waals surface area (Å²) in [7, 11) is 1.64. The molecule has 0 radical (unpaired) electrons. The first-order valence-corrected chi connectivity index (χ1v) is 8.26. The third-order valence-electron chi connectivity index (χ3n) is 2.52. The number of halogens is 1. The Morgan fingerprint density at radius 2 is 2.35 bits per heavy atom. The minimum absolute atomic E-state index is 0.0704. The molecular formula is C9H11ClN2O3S2. The molecule has 5 nitrogen and oxygen atoms in total. The summed E-state index contributed by atoms with van der Waals surface area (Å²) in [5, 5.41) is 0.766. The Morgan fingerprint density at radius 3 is 2.88 bits per heavy atom. The Balaban J connectivity index is 2.10. The van der Waals surface area contributed by atoms with E-state index in [0.717, 1.165) is 10.7 Å². The van der Waals surface area contributed by atoms with Crippen LogP contribution in [0.5, 0.6) is 0 Å². The molecule has 0 spiro atoms. The van der Waals surface area contributed by atoms with Gasteiger partial charge in [0, 0.05) is 29.6 Å². The van der Waals surface area contributed by atoms with E-state index >= 15 is 0 Å². The molecule has 1 aromatic rings. The normalized spacial score (nSPS) is 21.2. The Bertz CT molecular complexity index is 540.